The lowest BCUT2D eigenvalue weighted by Gasteiger charge is -2.20. The number of amides is 1. The molecule has 2 atom stereocenters. The van der Waals surface area contributed by atoms with Crippen molar-refractivity contribution >= 4 is 5.91 Å². The van der Waals surface area contributed by atoms with Gasteiger partial charge in [-0.1, -0.05) is 19.8 Å². The highest BCUT2D eigenvalue weighted by molar-refractivity contribution is 5.84. The van der Waals surface area contributed by atoms with Crippen molar-refractivity contribution in [3.63, 3.8) is 0 Å². The summed E-state index contributed by atoms with van der Waals surface area (Å²) in [7, 11) is 1.73. The number of hydrogen-bond acceptors (Lipinski definition) is 3. The predicted molar refractivity (Wildman–Crippen MR) is 73.4 cm³/mol. The Labute approximate surface area is 111 Å². The van der Waals surface area contributed by atoms with Gasteiger partial charge in [-0.25, -0.2) is 0 Å². The molecule has 1 saturated heterocycles. The molecule has 1 N–H and O–H groups in total. The monoisotopic (exact) mass is 256 g/mol. The van der Waals surface area contributed by atoms with Gasteiger partial charge in [0.15, 0.2) is 0 Å². The van der Waals surface area contributed by atoms with Crippen LogP contribution in [0, 0.1) is 0 Å². The predicted octanol–water partition coefficient (Wildman–Crippen LogP) is 2.14. The Morgan fingerprint density at radius 2 is 2.06 bits per heavy atom. The van der Waals surface area contributed by atoms with E-state index in [-0.39, 0.29) is 12.2 Å². The number of carbonyl (C=O) groups is 1. The molecule has 1 heterocycles. The van der Waals surface area contributed by atoms with E-state index in [1.165, 1.54) is 0 Å². The summed E-state index contributed by atoms with van der Waals surface area (Å²) in [5.41, 5.74) is 0. The van der Waals surface area contributed by atoms with E-state index in [1.54, 1.807) is 7.11 Å². The van der Waals surface area contributed by atoms with Crippen molar-refractivity contribution in [3.05, 3.63) is 0 Å². The van der Waals surface area contributed by atoms with E-state index in [1.807, 2.05) is 4.90 Å². The molecule has 0 radical (unpaired) electrons. The maximum Gasteiger partial charge on any atom is 0.241 e. The van der Waals surface area contributed by atoms with E-state index < -0.39 is 0 Å². The quantitative estimate of drug-likeness (QED) is 0.643. The van der Waals surface area contributed by atoms with Gasteiger partial charge in [0.1, 0.15) is 0 Å². The highest BCUT2D eigenvalue weighted by atomic mass is 16.5. The molecule has 0 aliphatic carbocycles. The summed E-state index contributed by atoms with van der Waals surface area (Å²) < 4.78 is 5.02. The summed E-state index contributed by atoms with van der Waals surface area (Å²) in [6.07, 6.45) is 6.72. The first-order chi connectivity index (χ1) is 8.70. The molecule has 1 amide bonds. The van der Waals surface area contributed by atoms with Crippen LogP contribution in [0.2, 0.25) is 0 Å². The Morgan fingerprint density at radius 1 is 1.28 bits per heavy atom. The summed E-state index contributed by atoms with van der Waals surface area (Å²) in [5.74, 6) is 0.294. The zero-order valence-corrected chi connectivity index (χ0v) is 12.1. The number of unbranched alkanes of at least 4 members (excludes halogenated alkanes) is 3. The van der Waals surface area contributed by atoms with Crippen LogP contribution in [-0.4, -0.2) is 43.3 Å². The van der Waals surface area contributed by atoms with Gasteiger partial charge in [0, 0.05) is 20.3 Å². The fourth-order valence-corrected chi connectivity index (χ4v) is 2.47. The average Bonchev–Trinajstić information content (AvgIpc) is 2.63. The van der Waals surface area contributed by atoms with E-state index in [0.717, 1.165) is 51.7 Å². The van der Waals surface area contributed by atoms with Gasteiger partial charge >= 0.3 is 0 Å². The van der Waals surface area contributed by atoms with Gasteiger partial charge in [-0.05, 0) is 32.6 Å². The number of nitrogens with one attached hydrogen (secondary N) is 1. The Kier molecular flexibility index (Phi) is 7.28. The van der Waals surface area contributed by atoms with Crippen LogP contribution in [0.4, 0.5) is 0 Å². The number of rotatable bonds is 9. The Balaban J connectivity index is 2.25. The molecule has 0 aromatic heterocycles. The van der Waals surface area contributed by atoms with Crippen molar-refractivity contribution in [1.82, 2.24) is 10.2 Å². The normalized spacial score (nSPS) is 23.9. The number of nitrogens with zero attached hydrogens (tertiary/aromatic N) is 1. The molecule has 0 spiro atoms. The fraction of sp³-hybridized carbons (Fsp3) is 0.929. The summed E-state index contributed by atoms with van der Waals surface area (Å²) in [6, 6.07) is 0.0546. The maximum absolute atomic E-state index is 12.2. The topological polar surface area (TPSA) is 41.6 Å². The van der Waals surface area contributed by atoms with Gasteiger partial charge < -0.3 is 9.64 Å². The van der Waals surface area contributed by atoms with Crippen LogP contribution in [0.5, 0.6) is 0 Å². The fourth-order valence-electron chi connectivity index (χ4n) is 2.47. The van der Waals surface area contributed by atoms with Gasteiger partial charge in [0.25, 0.3) is 0 Å². The summed E-state index contributed by atoms with van der Waals surface area (Å²) >= 11 is 0. The Hall–Kier alpha value is -0.610. The lowest BCUT2D eigenvalue weighted by molar-refractivity contribution is -0.130. The SMILES string of the molecule is CCCCC1NC(C)N(CCCCCOC)C1=O. The van der Waals surface area contributed by atoms with Crippen molar-refractivity contribution in [1.29, 1.82) is 0 Å². The minimum Gasteiger partial charge on any atom is -0.385 e. The van der Waals surface area contributed by atoms with Gasteiger partial charge in [-0.15, -0.1) is 0 Å². The molecule has 4 heteroatoms. The van der Waals surface area contributed by atoms with Crippen LogP contribution in [0.3, 0.4) is 0 Å². The highest BCUT2D eigenvalue weighted by Gasteiger charge is 2.34. The second-order valence-electron chi connectivity index (χ2n) is 5.12. The zero-order valence-electron chi connectivity index (χ0n) is 12.1. The molecule has 4 nitrogen and oxygen atoms in total. The van der Waals surface area contributed by atoms with Crippen LogP contribution in [-0.2, 0) is 9.53 Å². The van der Waals surface area contributed by atoms with Crippen LogP contribution in [0.15, 0.2) is 0 Å². The summed E-state index contributed by atoms with van der Waals surface area (Å²) in [5, 5.41) is 3.39. The van der Waals surface area contributed by atoms with Gasteiger partial charge in [0.2, 0.25) is 5.91 Å². The van der Waals surface area contributed by atoms with Crippen LogP contribution >= 0.6 is 0 Å². The number of ether oxygens (including phenoxy) is 1. The minimum absolute atomic E-state index is 0.0546. The molecule has 2 unspecified atom stereocenters. The summed E-state index contributed by atoms with van der Waals surface area (Å²) in [6.45, 7) is 5.94. The molecule has 106 valence electrons. The first kappa shape index (κ1) is 15.4. The summed E-state index contributed by atoms with van der Waals surface area (Å²) in [4.78, 5) is 14.2. The van der Waals surface area contributed by atoms with Crippen molar-refractivity contribution in [3.8, 4) is 0 Å². The van der Waals surface area contributed by atoms with Gasteiger partial charge in [-0.3, -0.25) is 10.1 Å². The zero-order chi connectivity index (χ0) is 13.4. The molecular formula is C14H28N2O2. The van der Waals surface area contributed by atoms with Crippen molar-refractivity contribution < 1.29 is 9.53 Å². The van der Waals surface area contributed by atoms with Gasteiger partial charge in [0.05, 0.1) is 12.2 Å². The Morgan fingerprint density at radius 3 is 2.72 bits per heavy atom. The molecule has 18 heavy (non-hydrogen) atoms. The smallest absolute Gasteiger partial charge is 0.241 e. The lowest BCUT2D eigenvalue weighted by Crippen LogP contribution is -2.35. The maximum atomic E-state index is 12.2. The third-order valence-corrected chi connectivity index (χ3v) is 3.58. The van der Waals surface area contributed by atoms with Gasteiger partial charge in [-0.2, -0.15) is 0 Å². The molecule has 0 saturated carbocycles. The first-order valence-electron chi connectivity index (χ1n) is 7.26. The van der Waals surface area contributed by atoms with Crippen LogP contribution < -0.4 is 5.32 Å². The third-order valence-electron chi connectivity index (χ3n) is 3.58. The molecule has 1 aliphatic rings. The van der Waals surface area contributed by atoms with E-state index in [9.17, 15) is 4.79 Å². The number of hydrogen-bond donors (Lipinski definition) is 1. The standard InChI is InChI=1S/C14H28N2O2/c1-4-5-9-13-14(17)16(12(2)15-13)10-7-6-8-11-18-3/h12-13,15H,4-11H2,1-3H3. The second kappa shape index (κ2) is 8.48. The molecule has 0 aromatic rings. The van der Waals surface area contributed by atoms with Crippen LogP contribution in [0.25, 0.3) is 0 Å². The highest BCUT2D eigenvalue weighted by Crippen LogP contribution is 2.16. The lowest BCUT2D eigenvalue weighted by atomic mass is 10.1. The first-order valence-corrected chi connectivity index (χ1v) is 7.26. The largest absolute Gasteiger partial charge is 0.385 e. The van der Waals surface area contributed by atoms with E-state index in [0.29, 0.717) is 5.91 Å². The molecular weight excluding hydrogens is 228 g/mol. The average molecular weight is 256 g/mol. The van der Waals surface area contributed by atoms with Crippen molar-refractivity contribution in [2.45, 2.75) is 64.6 Å². The minimum atomic E-state index is 0.0546. The third kappa shape index (κ3) is 4.58. The number of methoxy groups -OCH3 is 1. The molecule has 1 aliphatic heterocycles. The molecule has 0 aromatic carbocycles. The Bertz CT molecular complexity index is 246. The number of carbonyl (C=O) groups excluding carboxylic acids is 1. The second-order valence-corrected chi connectivity index (χ2v) is 5.12. The van der Waals surface area contributed by atoms with E-state index >= 15 is 0 Å². The van der Waals surface area contributed by atoms with Crippen molar-refractivity contribution in [2.24, 2.45) is 0 Å². The molecule has 0 bridgehead atoms. The molecule has 1 fully saturated rings. The van der Waals surface area contributed by atoms with E-state index in [2.05, 4.69) is 19.2 Å². The van der Waals surface area contributed by atoms with E-state index in [4.69, 9.17) is 4.74 Å². The van der Waals surface area contributed by atoms with Crippen molar-refractivity contribution in [2.75, 3.05) is 20.3 Å². The molecule has 1 rings (SSSR count). The van der Waals surface area contributed by atoms with Crippen LogP contribution in [0.1, 0.15) is 52.4 Å².